The van der Waals surface area contributed by atoms with Crippen LogP contribution < -0.4 is 10.1 Å². The molecule has 1 heterocycles. The number of nitrogens with one attached hydrogen (secondary N) is 1. The smallest absolute Gasteiger partial charge is 0.333 e. The minimum Gasteiger partial charge on any atom is -0.484 e. The fraction of sp³-hybridized carbons (Fsp3) is 0.600. The van der Waals surface area contributed by atoms with Crippen LogP contribution in [0.2, 0.25) is 0 Å². The lowest BCUT2D eigenvalue weighted by Crippen LogP contribution is -2.21. The molecule has 1 fully saturated rings. The Bertz CT molecular complexity index is 504. The van der Waals surface area contributed by atoms with Gasteiger partial charge in [0, 0.05) is 19.1 Å². The Morgan fingerprint density at radius 3 is 2.86 bits per heavy atom. The summed E-state index contributed by atoms with van der Waals surface area (Å²) in [5.74, 6) is 0.676. The first kappa shape index (κ1) is 15.6. The van der Waals surface area contributed by atoms with E-state index in [4.69, 9.17) is 9.47 Å². The Labute approximate surface area is 124 Å². The van der Waals surface area contributed by atoms with Crippen LogP contribution in [0.1, 0.15) is 27.2 Å². The SMILES string of the molecule is CC(C)Oc1cccc(NCC2CCOC2C)c1[N+](=O)[O-]. The summed E-state index contributed by atoms with van der Waals surface area (Å²) in [5, 5.41) is 14.5. The van der Waals surface area contributed by atoms with Crippen molar-refractivity contribution in [2.24, 2.45) is 5.92 Å². The van der Waals surface area contributed by atoms with Crippen LogP contribution in [0, 0.1) is 16.0 Å². The molecule has 6 heteroatoms. The fourth-order valence-electron chi connectivity index (χ4n) is 2.49. The van der Waals surface area contributed by atoms with Crippen molar-refractivity contribution >= 4 is 11.4 Å². The number of hydrogen-bond acceptors (Lipinski definition) is 5. The Kier molecular flexibility index (Phi) is 5.01. The van der Waals surface area contributed by atoms with Gasteiger partial charge in [-0.1, -0.05) is 6.07 Å². The molecular weight excluding hydrogens is 272 g/mol. The number of nitro groups is 1. The molecule has 21 heavy (non-hydrogen) atoms. The number of anilines is 1. The van der Waals surface area contributed by atoms with Crippen molar-refractivity contribution in [3.05, 3.63) is 28.3 Å². The van der Waals surface area contributed by atoms with Gasteiger partial charge >= 0.3 is 5.69 Å². The largest absolute Gasteiger partial charge is 0.484 e. The highest BCUT2D eigenvalue weighted by Crippen LogP contribution is 2.35. The van der Waals surface area contributed by atoms with Gasteiger partial charge in [0.15, 0.2) is 5.75 Å². The quantitative estimate of drug-likeness (QED) is 0.644. The van der Waals surface area contributed by atoms with E-state index in [2.05, 4.69) is 5.32 Å². The molecule has 0 radical (unpaired) electrons. The number of para-hydroxylation sites is 1. The molecule has 0 aliphatic carbocycles. The van der Waals surface area contributed by atoms with Crippen LogP contribution in [-0.4, -0.2) is 30.3 Å². The highest BCUT2D eigenvalue weighted by atomic mass is 16.6. The molecule has 0 amide bonds. The molecule has 1 aliphatic rings. The molecule has 1 aromatic carbocycles. The summed E-state index contributed by atoms with van der Waals surface area (Å²) < 4.78 is 11.0. The molecule has 0 saturated carbocycles. The maximum absolute atomic E-state index is 11.3. The summed E-state index contributed by atoms with van der Waals surface area (Å²) >= 11 is 0. The number of nitro benzene ring substituents is 1. The third-order valence-electron chi connectivity index (χ3n) is 3.63. The summed E-state index contributed by atoms with van der Waals surface area (Å²) in [6.07, 6.45) is 1.05. The molecule has 1 aromatic rings. The normalized spacial score (nSPS) is 21.5. The highest BCUT2D eigenvalue weighted by molar-refractivity contribution is 5.68. The molecule has 6 nitrogen and oxygen atoms in total. The van der Waals surface area contributed by atoms with Gasteiger partial charge in [0.05, 0.1) is 17.1 Å². The zero-order valence-electron chi connectivity index (χ0n) is 12.7. The van der Waals surface area contributed by atoms with Gasteiger partial charge in [0.25, 0.3) is 0 Å². The average molecular weight is 294 g/mol. The number of benzene rings is 1. The van der Waals surface area contributed by atoms with Crippen molar-refractivity contribution in [3.8, 4) is 5.75 Å². The first-order valence-electron chi connectivity index (χ1n) is 7.28. The van der Waals surface area contributed by atoms with Crippen LogP contribution in [0.3, 0.4) is 0 Å². The first-order chi connectivity index (χ1) is 9.99. The third kappa shape index (κ3) is 3.85. The maximum atomic E-state index is 11.3. The molecule has 0 aromatic heterocycles. The lowest BCUT2D eigenvalue weighted by Gasteiger charge is -2.17. The zero-order valence-corrected chi connectivity index (χ0v) is 12.7. The second-order valence-electron chi connectivity index (χ2n) is 5.58. The minimum atomic E-state index is -0.394. The third-order valence-corrected chi connectivity index (χ3v) is 3.63. The molecule has 2 rings (SSSR count). The van der Waals surface area contributed by atoms with Crippen molar-refractivity contribution in [1.29, 1.82) is 0 Å². The predicted molar refractivity (Wildman–Crippen MR) is 80.9 cm³/mol. The molecular formula is C15H22N2O4. The number of nitrogens with zero attached hydrogens (tertiary/aromatic N) is 1. The number of hydrogen-bond donors (Lipinski definition) is 1. The first-order valence-corrected chi connectivity index (χ1v) is 7.28. The second kappa shape index (κ2) is 6.76. The van der Waals surface area contributed by atoms with Crippen LogP contribution in [0.25, 0.3) is 0 Å². The van der Waals surface area contributed by atoms with Crippen LogP contribution in [0.15, 0.2) is 18.2 Å². The van der Waals surface area contributed by atoms with E-state index in [0.29, 0.717) is 23.9 Å². The molecule has 1 aliphatic heterocycles. The Morgan fingerprint density at radius 1 is 1.52 bits per heavy atom. The van der Waals surface area contributed by atoms with E-state index in [1.807, 2.05) is 20.8 Å². The van der Waals surface area contributed by atoms with E-state index in [-0.39, 0.29) is 17.9 Å². The molecule has 0 bridgehead atoms. The maximum Gasteiger partial charge on any atom is 0.333 e. The molecule has 116 valence electrons. The van der Waals surface area contributed by atoms with E-state index in [1.165, 1.54) is 0 Å². The van der Waals surface area contributed by atoms with Gasteiger partial charge in [-0.25, -0.2) is 0 Å². The summed E-state index contributed by atoms with van der Waals surface area (Å²) in [4.78, 5) is 11.0. The monoisotopic (exact) mass is 294 g/mol. The van der Waals surface area contributed by atoms with Crippen molar-refractivity contribution in [3.63, 3.8) is 0 Å². The molecule has 2 unspecified atom stereocenters. The van der Waals surface area contributed by atoms with E-state index in [0.717, 1.165) is 13.0 Å². The highest BCUT2D eigenvalue weighted by Gasteiger charge is 2.26. The van der Waals surface area contributed by atoms with E-state index in [1.54, 1.807) is 18.2 Å². The van der Waals surface area contributed by atoms with Gasteiger partial charge in [-0.05, 0) is 39.3 Å². The lowest BCUT2D eigenvalue weighted by atomic mass is 10.0. The molecule has 1 saturated heterocycles. The van der Waals surface area contributed by atoms with E-state index in [9.17, 15) is 10.1 Å². The summed E-state index contributed by atoms with van der Waals surface area (Å²) in [7, 11) is 0. The summed E-state index contributed by atoms with van der Waals surface area (Å²) in [6, 6.07) is 5.11. The van der Waals surface area contributed by atoms with Crippen molar-refractivity contribution < 1.29 is 14.4 Å². The summed E-state index contributed by atoms with van der Waals surface area (Å²) in [5.41, 5.74) is 0.495. The fourth-order valence-corrected chi connectivity index (χ4v) is 2.49. The van der Waals surface area contributed by atoms with Crippen molar-refractivity contribution in [2.75, 3.05) is 18.5 Å². The predicted octanol–water partition coefficient (Wildman–Crippen LogP) is 3.22. The standard InChI is InChI=1S/C15H22N2O4/c1-10(2)21-14-6-4-5-13(15(14)17(18)19)16-9-12-7-8-20-11(12)3/h4-6,10-12,16H,7-9H2,1-3H3. The summed E-state index contributed by atoms with van der Waals surface area (Å²) in [6.45, 7) is 7.15. The van der Waals surface area contributed by atoms with Gasteiger partial charge in [0.1, 0.15) is 5.69 Å². The van der Waals surface area contributed by atoms with E-state index >= 15 is 0 Å². The number of rotatable bonds is 6. The molecule has 0 spiro atoms. The Morgan fingerprint density at radius 2 is 2.29 bits per heavy atom. The van der Waals surface area contributed by atoms with Gasteiger partial charge in [0.2, 0.25) is 0 Å². The topological polar surface area (TPSA) is 73.6 Å². The van der Waals surface area contributed by atoms with E-state index < -0.39 is 4.92 Å². The van der Waals surface area contributed by atoms with Crippen LogP contribution >= 0.6 is 0 Å². The van der Waals surface area contributed by atoms with Gasteiger partial charge in [-0.15, -0.1) is 0 Å². The zero-order chi connectivity index (χ0) is 15.4. The van der Waals surface area contributed by atoms with Crippen molar-refractivity contribution in [2.45, 2.75) is 39.4 Å². The Balaban J connectivity index is 2.16. The van der Waals surface area contributed by atoms with Crippen molar-refractivity contribution in [1.82, 2.24) is 0 Å². The Hall–Kier alpha value is -1.82. The van der Waals surface area contributed by atoms with Crippen LogP contribution in [-0.2, 0) is 4.74 Å². The van der Waals surface area contributed by atoms with Crippen LogP contribution in [0.5, 0.6) is 5.75 Å². The van der Waals surface area contributed by atoms with Gasteiger partial charge in [-0.3, -0.25) is 10.1 Å². The molecule has 2 atom stereocenters. The van der Waals surface area contributed by atoms with Gasteiger partial charge < -0.3 is 14.8 Å². The second-order valence-corrected chi connectivity index (χ2v) is 5.58. The lowest BCUT2D eigenvalue weighted by molar-refractivity contribution is -0.385. The number of ether oxygens (including phenoxy) is 2. The van der Waals surface area contributed by atoms with Crippen LogP contribution in [0.4, 0.5) is 11.4 Å². The minimum absolute atomic E-state index is 0.00207. The molecule has 1 N–H and O–H groups in total. The average Bonchev–Trinajstić information content (AvgIpc) is 2.81. The van der Waals surface area contributed by atoms with Gasteiger partial charge in [-0.2, -0.15) is 0 Å².